The van der Waals surface area contributed by atoms with Crippen LogP contribution >= 0.6 is 0 Å². The summed E-state index contributed by atoms with van der Waals surface area (Å²) in [4.78, 5) is 4.69. The zero-order valence-electron chi connectivity index (χ0n) is 15.7. The van der Waals surface area contributed by atoms with E-state index in [1.165, 1.54) is 0 Å². The van der Waals surface area contributed by atoms with Gasteiger partial charge in [-0.15, -0.1) is 0 Å². The van der Waals surface area contributed by atoms with Gasteiger partial charge in [0.15, 0.2) is 23.1 Å². The van der Waals surface area contributed by atoms with Crippen molar-refractivity contribution in [2.24, 2.45) is 0 Å². The van der Waals surface area contributed by atoms with Crippen molar-refractivity contribution in [3.8, 4) is 28.7 Å². The molecule has 8 nitrogen and oxygen atoms in total. The van der Waals surface area contributed by atoms with Crippen molar-refractivity contribution >= 4 is 0 Å². The SMILES string of the molecule is Cc1cc(-c2nc(C3CCOCC3)nn2-c2ccc3c(c2)OCO3)nn1C(F)F. The fraction of sp³-hybridized carbons (Fsp3) is 0.421. The van der Waals surface area contributed by atoms with Crippen molar-refractivity contribution in [3.63, 3.8) is 0 Å². The van der Waals surface area contributed by atoms with E-state index in [0.717, 1.165) is 12.8 Å². The van der Waals surface area contributed by atoms with Gasteiger partial charge in [0.05, 0.1) is 5.69 Å². The van der Waals surface area contributed by atoms with E-state index in [1.807, 2.05) is 6.07 Å². The van der Waals surface area contributed by atoms with E-state index >= 15 is 0 Å². The summed E-state index contributed by atoms with van der Waals surface area (Å²) in [5, 5.41) is 8.77. The van der Waals surface area contributed by atoms with Crippen LogP contribution in [-0.2, 0) is 4.74 Å². The summed E-state index contributed by atoms with van der Waals surface area (Å²) >= 11 is 0. The molecule has 0 saturated carbocycles. The number of rotatable bonds is 4. The normalized spacial score (nSPS) is 16.7. The van der Waals surface area contributed by atoms with Gasteiger partial charge in [-0.1, -0.05) is 0 Å². The molecular formula is C19H19F2N5O3. The van der Waals surface area contributed by atoms with E-state index in [9.17, 15) is 8.78 Å². The van der Waals surface area contributed by atoms with Gasteiger partial charge >= 0.3 is 6.55 Å². The number of halogens is 2. The van der Waals surface area contributed by atoms with Gasteiger partial charge in [0.1, 0.15) is 5.69 Å². The van der Waals surface area contributed by atoms with Gasteiger partial charge in [-0.3, -0.25) is 0 Å². The fourth-order valence-corrected chi connectivity index (χ4v) is 3.61. The highest BCUT2D eigenvalue weighted by molar-refractivity contribution is 5.57. The van der Waals surface area contributed by atoms with Crippen LogP contribution in [0.4, 0.5) is 8.78 Å². The van der Waals surface area contributed by atoms with Crippen LogP contribution in [0.2, 0.25) is 0 Å². The zero-order valence-corrected chi connectivity index (χ0v) is 15.7. The van der Waals surface area contributed by atoms with Crippen molar-refractivity contribution in [2.75, 3.05) is 20.0 Å². The number of aromatic nitrogens is 5. The minimum Gasteiger partial charge on any atom is -0.454 e. The van der Waals surface area contributed by atoms with Crippen LogP contribution in [0.25, 0.3) is 17.2 Å². The van der Waals surface area contributed by atoms with Gasteiger partial charge < -0.3 is 14.2 Å². The van der Waals surface area contributed by atoms with Crippen molar-refractivity contribution in [2.45, 2.75) is 32.2 Å². The first-order valence-corrected chi connectivity index (χ1v) is 9.39. The molecule has 2 aromatic heterocycles. The highest BCUT2D eigenvalue weighted by Crippen LogP contribution is 2.35. The quantitative estimate of drug-likeness (QED) is 0.664. The maximum atomic E-state index is 13.2. The second-order valence-corrected chi connectivity index (χ2v) is 7.02. The predicted octanol–water partition coefficient (Wildman–Crippen LogP) is 3.46. The number of ether oxygens (including phenoxy) is 3. The molecule has 0 N–H and O–H groups in total. The third-order valence-corrected chi connectivity index (χ3v) is 5.15. The van der Waals surface area contributed by atoms with Gasteiger partial charge in [-0.2, -0.15) is 19.0 Å². The first kappa shape index (κ1) is 18.0. The van der Waals surface area contributed by atoms with Gasteiger partial charge in [0, 0.05) is 30.9 Å². The molecule has 1 aromatic carbocycles. The largest absolute Gasteiger partial charge is 0.454 e. The fourth-order valence-electron chi connectivity index (χ4n) is 3.61. The lowest BCUT2D eigenvalue weighted by molar-refractivity contribution is 0.0546. The second kappa shape index (κ2) is 7.11. The Balaban J connectivity index is 1.62. The van der Waals surface area contributed by atoms with Crippen LogP contribution in [0.15, 0.2) is 24.3 Å². The molecule has 5 rings (SSSR count). The third kappa shape index (κ3) is 3.23. The standard InChI is InChI=1S/C19H19F2N5O3/c1-11-8-14(23-25(11)19(20)21)18-22-17(12-4-6-27-7-5-12)24-26(18)13-2-3-15-16(9-13)29-10-28-15/h2-3,8-9,12,19H,4-7,10H2,1H3. The molecule has 0 amide bonds. The first-order chi connectivity index (χ1) is 14.1. The Hall–Kier alpha value is -3.01. The van der Waals surface area contributed by atoms with Crippen LogP contribution in [0, 0.1) is 6.92 Å². The summed E-state index contributed by atoms with van der Waals surface area (Å²) in [7, 11) is 0. The van der Waals surface area contributed by atoms with Crippen LogP contribution in [0.1, 0.15) is 36.8 Å². The van der Waals surface area contributed by atoms with Crippen LogP contribution in [0.5, 0.6) is 11.5 Å². The maximum absolute atomic E-state index is 13.2. The summed E-state index contributed by atoms with van der Waals surface area (Å²) in [5.41, 5.74) is 1.38. The Kier molecular flexibility index (Phi) is 4.42. The van der Waals surface area contributed by atoms with Gasteiger partial charge in [0.2, 0.25) is 6.79 Å². The molecule has 0 unspecified atom stereocenters. The number of benzene rings is 1. The van der Waals surface area contributed by atoms with Crippen LogP contribution in [-0.4, -0.2) is 44.6 Å². The van der Waals surface area contributed by atoms with Crippen molar-refractivity contribution < 1.29 is 23.0 Å². The number of nitrogens with zero attached hydrogens (tertiary/aromatic N) is 5. The lowest BCUT2D eigenvalue weighted by Crippen LogP contribution is -2.15. The molecule has 0 radical (unpaired) electrons. The van der Waals surface area contributed by atoms with Gasteiger partial charge in [-0.05, 0) is 38.0 Å². The summed E-state index contributed by atoms with van der Waals surface area (Å²) in [6.07, 6.45) is 1.63. The van der Waals surface area contributed by atoms with E-state index in [-0.39, 0.29) is 12.7 Å². The zero-order chi connectivity index (χ0) is 20.0. The topological polar surface area (TPSA) is 76.2 Å². The summed E-state index contributed by atoms with van der Waals surface area (Å²) in [5.74, 6) is 2.47. The van der Waals surface area contributed by atoms with E-state index in [2.05, 4.69) is 5.10 Å². The summed E-state index contributed by atoms with van der Waals surface area (Å²) in [6, 6.07) is 7.01. The minimum absolute atomic E-state index is 0.149. The van der Waals surface area contributed by atoms with E-state index in [1.54, 1.807) is 29.8 Å². The molecule has 29 heavy (non-hydrogen) atoms. The van der Waals surface area contributed by atoms with Crippen LogP contribution in [0.3, 0.4) is 0 Å². The molecule has 2 aliphatic heterocycles. The molecule has 0 spiro atoms. The highest BCUT2D eigenvalue weighted by Gasteiger charge is 2.26. The lowest BCUT2D eigenvalue weighted by atomic mass is 10.00. The molecule has 1 saturated heterocycles. The molecule has 3 aromatic rings. The first-order valence-electron chi connectivity index (χ1n) is 9.39. The Morgan fingerprint density at radius 2 is 1.86 bits per heavy atom. The average Bonchev–Trinajstić information content (AvgIpc) is 3.45. The number of hydrogen-bond acceptors (Lipinski definition) is 6. The molecule has 152 valence electrons. The minimum atomic E-state index is -2.72. The third-order valence-electron chi connectivity index (χ3n) is 5.15. The van der Waals surface area contributed by atoms with Crippen molar-refractivity contribution in [1.29, 1.82) is 0 Å². The number of hydrogen-bond donors (Lipinski definition) is 0. The second-order valence-electron chi connectivity index (χ2n) is 7.02. The molecule has 0 bridgehead atoms. The Labute approximate surface area is 165 Å². The molecular weight excluding hydrogens is 384 g/mol. The molecule has 1 fully saturated rings. The average molecular weight is 403 g/mol. The number of alkyl halides is 2. The molecule has 0 aliphatic carbocycles. The highest BCUT2D eigenvalue weighted by atomic mass is 19.3. The Bertz CT molecular complexity index is 1040. The lowest BCUT2D eigenvalue weighted by Gasteiger charge is -2.18. The maximum Gasteiger partial charge on any atom is 0.333 e. The Morgan fingerprint density at radius 1 is 1.07 bits per heavy atom. The van der Waals surface area contributed by atoms with Gasteiger partial charge in [-0.25, -0.2) is 14.3 Å². The monoisotopic (exact) mass is 403 g/mol. The summed E-state index contributed by atoms with van der Waals surface area (Å²) in [6.45, 7) is 0.327. The van der Waals surface area contributed by atoms with Crippen molar-refractivity contribution in [3.05, 3.63) is 35.8 Å². The van der Waals surface area contributed by atoms with E-state index in [4.69, 9.17) is 24.3 Å². The summed E-state index contributed by atoms with van der Waals surface area (Å²) < 4.78 is 45.1. The van der Waals surface area contributed by atoms with Crippen LogP contribution < -0.4 is 9.47 Å². The molecule has 4 heterocycles. The smallest absolute Gasteiger partial charge is 0.333 e. The number of aryl methyl sites for hydroxylation is 1. The number of fused-ring (bicyclic) bond motifs is 1. The Morgan fingerprint density at radius 3 is 2.62 bits per heavy atom. The van der Waals surface area contributed by atoms with Gasteiger partial charge in [0.25, 0.3) is 0 Å². The predicted molar refractivity (Wildman–Crippen MR) is 97.5 cm³/mol. The molecule has 0 atom stereocenters. The molecule has 2 aliphatic rings. The van der Waals surface area contributed by atoms with E-state index < -0.39 is 6.55 Å². The van der Waals surface area contributed by atoms with E-state index in [0.29, 0.717) is 58.1 Å². The van der Waals surface area contributed by atoms with Crippen molar-refractivity contribution in [1.82, 2.24) is 24.5 Å². The molecule has 10 heteroatoms.